The molecule has 4 N–H and O–H groups in total. The summed E-state index contributed by atoms with van der Waals surface area (Å²) >= 11 is 0. The van der Waals surface area contributed by atoms with Gasteiger partial charge in [-0.1, -0.05) is 12.1 Å². The van der Waals surface area contributed by atoms with Gasteiger partial charge < -0.3 is 16.0 Å². The van der Waals surface area contributed by atoms with E-state index in [1.165, 1.54) is 30.5 Å². The second-order valence-corrected chi connectivity index (χ2v) is 9.28. The molecule has 40 heavy (non-hydrogen) atoms. The van der Waals surface area contributed by atoms with Crippen molar-refractivity contribution in [1.29, 1.82) is 0 Å². The van der Waals surface area contributed by atoms with E-state index in [4.69, 9.17) is 5.73 Å². The van der Waals surface area contributed by atoms with Crippen molar-refractivity contribution in [2.75, 3.05) is 0 Å². The van der Waals surface area contributed by atoms with Gasteiger partial charge in [-0.15, -0.1) is 0 Å². The number of halogens is 4. The fraction of sp³-hybridized carbons (Fsp3) is 0.100. The largest absolute Gasteiger partial charge is 0.366 e. The number of hydrogen-bond donors (Lipinski definition) is 3. The first-order valence-electron chi connectivity index (χ1n) is 12.2. The summed E-state index contributed by atoms with van der Waals surface area (Å²) in [6.45, 7) is 0. The van der Waals surface area contributed by atoms with Crippen molar-refractivity contribution >= 4 is 22.7 Å². The molecular weight excluding hydrogens is 524 g/mol. The number of nitrogens with two attached hydrogens (primary N) is 1. The third-order valence-electron chi connectivity index (χ3n) is 6.49. The van der Waals surface area contributed by atoms with E-state index in [9.17, 15) is 27.2 Å². The maximum absolute atomic E-state index is 14.2. The number of aromatic amines is 1. The fourth-order valence-corrected chi connectivity index (χ4v) is 4.72. The average Bonchev–Trinajstić information content (AvgIpc) is 3.29. The van der Waals surface area contributed by atoms with Gasteiger partial charge in [0.1, 0.15) is 23.3 Å². The van der Waals surface area contributed by atoms with Crippen molar-refractivity contribution in [3.8, 4) is 11.1 Å². The molecule has 1 atom stereocenters. The van der Waals surface area contributed by atoms with Gasteiger partial charge in [0.2, 0.25) is 5.91 Å². The number of fused-ring (bicyclic) bond motifs is 1. The van der Waals surface area contributed by atoms with Crippen LogP contribution >= 0.6 is 0 Å². The van der Waals surface area contributed by atoms with Crippen molar-refractivity contribution in [1.82, 2.24) is 15.3 Å². The lowest BCUT2D eigenvalue weighted by Crippen LogP contribution is -2.32. The number of rotatable bonds is 8. The van der Waals surface area contributed by atoms with E-state index in [2.05, 4.69) is 15.3 Å². The molecule has 1 unspecified atom stereocenters. The Bertz CT molecular complexity index is 1730. The van der Waals surface area contributed by atoms with Gasteiger partial charge in [0.25, 0.3) is 5.91 Å². The van der Waals surface area contributed by atoms with E-state index in [-0.39, 0.29) is 24.0 Å². The summed E-state index contributed by atoms with van der Waals surface area (Å²) in [5.41, 5.74) is 7.61. The number of aromatic nitrogens is 2. The number of H-pyrrole nitrogens is 1. The number of benzene rings is 3. The first-order valence-corrected chi connectivity index (χ1v) is 12.2. The highest BCUT2D eigenvalue weighted by molar-refractivity contribution is 5.94. The van der Waals surface area contributed by atoms with Gasteiger partial charge >= 0.3 is 0 Å². The van der Waals surface area contributed by atoms with Crippen LogP contribution < -0.4 is 11.1 Å². The molecule has 0 bridgehead atoms. The van der Waals surface area contributed by atoms with Crippen LogP contribution in [-0.2, 0) is 17.6 Å². The van der Waals surface area contributed by atoms with Gasteiger partial charge in [-0.3, -0.25) is 14.6 Å². The molecule has 0 saturated heterocycles. The van der Waals surface area contributed by atoms with Gasteiger partial charge in [0, 0.05) is 34.9 Å². The van der Waals surface area contributed by atoms with Gasteiger partial charge in [-0.25, -0.2) is 17.6 Å². The van der Waals surface area contributed by atoms with Crippen LogP contribution in [0.15, 0.2) is 79.1 Å². The van der Waals surface area contributed by atoms with Gasteiger partial charge in [-0.05, 0) is 71.6 Å². The van der Waals surface area contributed by atoms with Gasteiger partial charge in [0.15, 0.2) is 0 Å². The normalized spacial score (nSPS) is 11.9. The molecule has 2 aromatic heterocycles. The number of amides is 2. The second-order valence-electron chi connectivity index (χ2n) is 9.28. The number of primary amides is 1. The predicted molar refractivity (Wildman–Crippen MR) is 141 cm³/mol. The molecule has 6 nitrogen and oxygen atoms in total. The molecule has 0 aliphatic rings. The minimum absolute atomic E-state index is 0.0448. The van der Waals surface area contributed by atoms with Crippen LogP contribution in [0.2, 0.25) is 0 Å². The summed E-state index contributed by atoms with van der Waals surface area (Å²) in [5, 5.41) is 3.42. The highest BCUT2D eigenvalue weighted by Crippen LogP contribution is 2.30. The lowest BCUT2D eigenvalue weighted by Gasteiger charge is -2.22. The van der Waals surface area contributed by atoms with Crippen molar-refractivity contribution in [2.24, 2.45) is 5.73 Å². The van der Waals surface area contributed by atoms with Crippen molar-refractivity contribution in [3.63, 3.8) is 0 Å². The van der Waals surface area contributed by atoms with Crippen LogP contribution in [0.4, 0.5) is 17.6 Å². The molecule has 0 aliphatic carbocycles. The third kappa shape index (κ3) is 5.70. The molecule has 0 radical (unpaired) electrons. The van der Waals surface area contributed by atoms with Gasteiger partial charge in [-0.2, -0.15) is 0 Å². The van der Waals surface area contributed by atoms with Crippen molar-refractivity contribution in [3.05, 3.63) is 125 Å². The quantitative estimate of drug-likeness (QED) is 0.223. The number of nitrogens with one attached hydrogen (secondary N) is 2. The van der Waals surface area contributed by atoms with Crippen molar-refractivity contribution in [2.45, 2.75) is 18.9 Å². The van der Waals surface area contributed by atoms with Crippen LogP contribution in [0.5, 0.6) is 0 Å². The van der Waals surface area contributed by atoms with Crippen LogP contribution in [0.25, 0.3) is 22.0 Å². The summed E-state index contributed by atoms with van der Waals surface area (Å²) in [6.07, 6.45) is 2.92. The summed E-state index contributed by atoms with van der Waals surface area (Å²) in [7, 11) is 0. The Morgan fingerprint density at radius 2 is 1.70 bits per heavy atom. The number of hydrogen-bond acceptors (Lipinski definition) is 3. The van der Waals surface area contributed by atoms with E-state index < -0.39 is 41.1 Å². The molecule has 0 spiro atoms. The number of nitrogens with zero attached hydrogens (tertiary/aromatic N) is 1. The number of carbonyl (C=O) groups is 2. The Morgan fingerprint density at radius 3 is 2.45 bits per heavy atom. The summed E-state index contributed by atoms with van der Waals surface area (Å²) in [6, 6.07) is 13.4. The minimum atomic E-state index is -0.958. The topological polar surface area (TPSA) is 101 Å². The zero-order valence-corrected chi connectivity index (χ0v) is 20.9. The van der Waals surface area contributed by atoms with Crippen LogP contribution in [0, 0.1) is 23.3 Å². The number of carbonyl (C=O) groups excluding carboxylic acids is 2. The molecule has 3 aromatic carbocycles. The van der Waals surface area contributed by atoms with Crippen LogP contribution in [-0.4, -0.2) is 21.8 Å². The molecule has 202 valence electrons. The van der Waals surface area contributed by atoms with E-state index in [0.29, 0.717) is 33.3 Å². The van der Waals surface area contributed by atoms with E-state index in [0.717, 1.165) is 24.3 Å². The maximum atomic E-state index is 14.2. The summed E-state index contributed by atoms with van der Waals surface area (Å²) in [4.78, 5) is 32.5. The Hall–Kier alpha value is -4.99. The molecule has 5 rings (SSSR count). The van der Waals surface area contributed by atoms with E-state index in [1.807, 2.05) is 0 Å². The summed E-state index contributed by atoms with van der Waals surface area (Å²) in [5.74, 6) is -4.23. The Balaban J connectivity index is 1.53. The molecule has 10 heteroatoms. The van der Waals surface area contributed by atoms with E-state index >= 15 is 0 Å². The van der Waals surface area contributed by atoms with Gasteiger partial charge in [0.05, 0.1) is 23.7 Å². The highest BCUT2D eigenvalue weighted by atomic mass is 19.1. The molecule has 2 heterocycles. The Kier molecular flexibility index (Phi) is 7.33. The first kappa shape index (κ1) is 26.6. The zero-order chi connectivity index (χ0) is 28.4. The Morgan fingerprint density at radius 1 is 0.925 bits per heavy atom. The molecule has 0 saturated carbocycles. The maximum Gasteiger partial charge on any atom is 0.251 e. The lowest BCUT2D eigenvalue weighted by atomic mass is 9.94. The standard InChI is InChI=1S/C30H22F4N4O2/c31-19-4-6-26-23(14-19)18(15-37-26)12-28(39)38-27(10-16-8-20(32)13-21(33)9-16)29-22(2-1-7-36-29)17-3-5-25(34)24(11-17)30(35)40/h1-9,11,13-15,27,37H,10,12H2,(H2,35,40)(H,38,39). The molecule has 0 fully saturated rings. The van der Waals surface area contributed by atoms with Crippen molar-refractivity contribution < 1.29 is 27.2 Å². The monoisotopic (exact) mass is 546 g/mol. The smallest absolute Gasteiger partial charge is 0.251 e. The second kappa shape index (κ2) is 11.0. The molecule has 5 aromatic rings. The average molecular weight is 547 g/mol. The number of pyridine rings is 1. The van der Waals surface area contributed by atoms with Crippen LogP contribution in [0.3, 0.4) is 0 Å². The first-order chi connectivity index (χ1) is 19.2. The lowest BCUT2D eigenvalue weighted by molar-refractivity contribution is -0.121. The van der Waals surface area contributed by atoms with E-state index in [1.54, 1.807) is 24.4 Å². The molecular formula is C30H22F4N4O2. The molecule has 2 amide bonds. The fourth-order valence-electron chi connectivity index (χ4n) is 4.72. The highest BCUT2D eigenvalue weighted by Gasteiger charge is 2.23. The SMILES string of the molecule is NC(=O)c1cc(-c2cccnc2C(Cc2cc(F)cc(F)c2)NC(=O)Cc2c[nH]c3ccc(F)cc23)ccc1F. The zero-order valence-electron chi connectivity index (χ0n) is 20.9. The minimum Gasteiger partial charge on any atom is -0.366 e. The predicted octanol–water partition coefficient (Wildman–Crippen LogP) is 5.53. The molecule has 0 aliphatic heterocycles. The summed E-state index contributed by atoms with van der Waals surface area (Å²) < 4.78 is 56.1. The Labute approximate surface area is 225 Å². The third-order valence-corrected chi connectivity index (χ3v) is 6.49. The van der Waals surface area contributed by atoms with Crippen LogP contribution in [0.1, 0.15) is 33.2 Å².